The lowest BCUT2D eigenvalue weighted by atomic mass is 9.98. The van der Waals surface area contributed by atoms with E-state index >= 15 is 0 Å². The summed E-state index contributed by atoms with van der Waals surface area (Å²) in [6.45, 7) is 4.85. The monoisotopic (exact) mass is 593 g/mol. The fourth-order valence-electron chi connectivity index (χ4n) is 6.60. The first kappa shape index (κ1) is 27.1. The van der Waals surface area contributed by atoms with E-state index in [1.54, 1.807) is 0 Å². The molecule has 0 amide bonds. The molecule has 1 aliphatic heterocycles. The zero-order valence-electron chi connectivity index (χ0n) is 25.3. The number of pyridine rings is 1. The highest BCUT2D eigenvalue weighted by molar-refractivity contribution is 7.04. The Morgan fingerprint density at radius 1 is 0.400 bits per heavy atom. The highest BCUT2D eigenvalue weighted by Gasteiger charge is 2.41. The largest absolute Gasteiger partial charge is 0.248 e. The molecule has 8 rings (SSSR count). The van der Waals surface area contributed by atoms with Gasteiger partial charge in [-0.2, -0.15) is 0 Å². The maximum absolute atomic E-state index is 5.33. The third-order valence-corrected chi connectivity index (χ3v) is 12.4. The second-order valence-electron chi connectivity index (χ2n) is 12.1. The van der Waals surface area contributed by atoms with Crippen LogP contribution in [0.4, 0.5) is 0 Å². The van der Waals surface area contributed by atoms with Gasteiger partial charge in [-0.25, -0.2) is 15.0 Å². The van der Waals surface area contributed by atoms with Crippen LogP contribution in [0.15, 0.2) is 152 Å². The molecule has 3 nitrogen and oxygen atoms in total. The van der Waals surface area contributed by atoms with Crippen molar-refractivity contribution >= 4 is 18.4 Å². The molecule has 214 valence electrons. The molecule has 45 heavy (non-hydrogen) atoms. The third-order valence-electron chi connectivity index (χ3n) is 8.86. The van der Waals surface area contributed by atoms with Crippen LogP contribution < -0.4 is 10.4 Å². The summed E-state index contributed by atoms with van der Waals surface area (Å²) in [6.07, 6.45) is 0. The Hall–Kier alpha value is -5.45. The fourth-order valence-corrected chi connectivity index (χ4v) is 9.83. The number of hydrogen-bond donors (Lipinski definition) is 0. The Kier molecular flexibility index (Phi) is 6.58. The van der Waals surface area contributed by atoms with Gasteiger partial charge in [0.2, 0.25) is 0 Å². The van der Waals surface area contributed by atoms with Gasteiger partial charge in [0.05, 0.1) is 22.8 Å². The standard InChI is InChI=1S/C41H31N3Si/c1-45(2)37-24-13-12-23-34(37)39-40(45)38(43-41(44-39)30-19-10-5-11-20-30)32-22-14-21-31(25-32)36-27-33(28-15-6-3-7-16-28)26-35(42-36)29-17-8-4-9-18-29/h3-27H,1-2H3. The molecule has 0 unspecified atom stereocenters. The zero-order chi connectivity index (χ0) is 30.4. The van der Waals surface area contributed by atoms with Crippen LogP contribution in [0.1, 0.15) is 0 Å². The molecule has 7 aromatic rings. The molecule has 1 aliphatic rings. The van der Waals surface area contributed by atoms with Crippen molar-refractivity contribution in [1.82, 2.24) is 15.0 Å². The van der Waals surface area contributed by atoms with Crippen molar-refractivity contribution < 1.29 is 0 Å². The van der Waals surface area contributed by atoms with Gasteiger partial charge in [0.15, 0.2) is 5.82 Å². The van der Waals surface area contributed by atoms with Gasteiger partial charge in [-0.3, -0.25) is 0 Å². The summed E-state index contributed by atoms with van der Waals surface area (Å²) < 4.78 is 0. The Balaban J connectivity index is 1.34. The van der Waals surface area contributed by atoms with Crippen LogP contribution in [-0.2, 0) is 0 Å². The SMILES string of the molecule is C[Si]1(C)c2ccccc2-c2nc(-c3ccccc3)nc(-c3cccc(-c4cc(-c5ccccc5)cc(-c5ccccc5)n4)c3)c21. The number of aromatic nitrogens is 3. The molecular formula is C41H31N3Si. The lowest BCUT2D eigenvalue weighted by Gasteiger charge is -2.22. The van der Waals surface area contributed by atoms with Crippen LogP contribution in [0.5, 0.6) is 0 Å². The van der Waals surface area contributed by atoms with Crippen molar-refractivity contribution in [2.75, 3.05) is 0 Å². The van der Waals surface area contributed by atoms with E-state index in [9.17, 15) is 0 Å². The Bertz CT molecular complexity index is 2120. The van der Waals surface area contributed by atoms with Crippen LogP contribution in [-0.4, -0.2) is 23.0 Å². The predicted octanol–water partition coefficient (Wildman–Crippen LogP) is 9.01. The molecule has 0 radical (unpaired) electrons. The van der Waals surface area contributed by atoms with Crippen LogP contribution in [0.2, 0.25) is 13.1 Å². The first-order valence-corrected chi connectivity index (χ1v) is 18.4. The molecular weight excluding hydrogens is 563 g/mol. The third kappa shape index (κ3) is 4.80. The number of nitrogens with zero attached hydrogens (tertiary/aromatic N) is 3. The van der Waals surface area contributed by atoms with Gasteiger partial charge in [0.1, 0.15) is 8.07 Å². The van der Waals surface area contributed by atoms with Gasteiger partial charge in [-0.05, 0) is 45.3 Å². The molecule has 3 heterocycles. The summed E-state index contributed by atoms with van der Waals surface area (Å²) in [5.74, 6) is 0.756. The van der Waals surface area contributed by atoms with E-state index < -0.39 is 8.07 Å². The van der Waals surface area contributed by atoms with Gasteiger partial charge < -0.3 is 0 Å². The normalized spacial score (nSPS) is 12.8. The number of rotatable bonds is 5. The van der Waals surface area contributed by atoms with E-state index in [2.05, 4.69) is 153 Å². The Labute approximate surface area is 265 Å². The molecule has 0 spiro atoms. The van der Waals surface area contributed by atoms with Crippen LogP contribution in [0.3, 0.4) is 0 Å². The summed E-state index contributed by atoms with van der Waals surface area (Å²) in [5.41, 5.74) is 11.8. The molecule has 0 saturated heterocycles. The molecule has 0 saturated carbocycles. The van der Waals surface area contributed by atoms with Crippen LogP contribution >= 0.6 is 0 Å². The smallest absolute Gasteiger partial charge is 0.160 e. The quantitative estimate of drug-likeness (QED) is 0.187. The van der Waals surface area contributed by atoms with Crippen LogP contribution in [0.25, 0.3) is 67.5 Å². The van der Waals surface area contributed by atoms with Crippen molar-refractivity contribution in [3.63, 3.8) is 0 Å². The second-order valence-corrected chi connectivity index (χ2v) is 16.4. The number of hydrogen-bond acceptors (Lipinski definition) is 3. The van der Waals surface area contributed by atoms with Crippen molar-refractivity contribution in [2.45, 2.75) is 13.1 Å². The van der Waals surface area contributed by atoms with Gasteiger partial charge in [0, 0.05) is 22.3 Å². The van der Waals surface area contributed by atoms with Gasteiger partial charge in [0.25, 0.3) is 0 Å². The maximum atomic E-state index is 5.33. The molecule has 5 aromatic carbocycles. The van der Waals surface area contributed by atoms with E-state index in [-0.39, 0.29) is 0 Å². The fraction of sp³-hybridized carbons (Fsp3) is 0.0488. The van der Waals surface area contributed by atoms with Gasteiger partial charge in [-0.1, -0.05) is 147 Å². The minimum Gasteiger partial charge on any atom is -0.248 e. The van der Waals surface area contributed by atoms with Crippen molar-refractivity contribution in [2.24, 2.45) is 0 Å². The predicted molar refractivity (Wildman–Crippen MR) is 189 cm³/mol. The number of benzene rings is 5. The average Bonchev–Trinajstić information content (AvgIpc) is 3.35. The first-order valence-electron chi connectivity index (χ1n) is 15.4. The van der Waals surface area contributed by atoms with E-state index in [4.69, 9.17) is 15.0 Å². The lowest BCUT2D eigenvalue weighted by molar-refractivity contribution is 1.20. The molecule has 0 atom stereocenters. The van der Waals surface area contributed by atoms with Crippen molar-refractivity contribution in [1.29, 1.82) is 0 Å². The molecule has 0 N–H and O–H groups in total. The highest BCUT2D eigenvalue weighted by Crippen LogP contribution is 2.36. The minimum absolute atomic E-state index is 0.756. The first-order chi connectivity index (χ1) is 22.1. The van der Waals surface area contributed by atoms with Gasteiger partial charge in [-0.15, -0.1) is 0 Å². The molecule has 2 aromatic heterocycles. The Morgan fingerprint density at radius 2 is 0.933 bits per heavy atom. The molecule has 0 fully saturated rings. The van der Waals surface area contributed by atoms with Gasteiger partial charge >= 0.3 is 0 Å². The minimum atomic E-state index is -2.08. The van der Waals surface area contributed by atoms with E-state index in [0.717, 1.165) is 56.4 Å². The van der Waals surface area contributed by atoms with Crippen LogP contribution in [0, 0.1) is 0 Å². The summed E-state index contributed by atoms with van der Waals surface area (Å²) in [5, 5.41) is 2.72. The molecule has 0 aliphatic carbocycles. The maximum Gasteiger partial charge on any atom is 0.160 e. The van der Waals surface area contributed by atoms with E-state index in [1.165, 1.54) is 21.5 Å². The topological polar surface area (TPSA) is 38.7 Å². The Morgan fingerprint density at radius 3 is 1.64 bits per heavy atom. The summed E-state index contributed by atoms with van der Waals surface area (Å²) in [7, 11) is -2.08. The summed E-state index contributed by atoms with van der Waals surface area (Å²) in [4.78, 5) is 15.8. The van der Waals surface area contributed by atoms with E-state index in [1.807, 2.05) is 12.1 Å². The van der Waals surface area contributed by atoms with Crippen molar-refractivity contribution in [3.8, 4) is 67.5 Å². The average molecular weight is 594 g/mol. The van der Waals surface area contributed by atoms with E-state index in [0.29, 0.717) is 0 Å². The highest BCUT2D eigenvalue weighted by atomic mass is 28.3. The van der Waals surface area contributed by atoms with Crippen molar-refractivity contribution in [3.05, 3.63) is 152 Å². The molecule has 4 heteroatoms. The molecule has 0 bridgehead atoms. The summed E-state index contributed by atoms with van der Waals surface area (Å²) in [6, 6.07) is 53.2. The second kappa shape index (κ2) is 10.9. The number of fused-ring (bicyclic) bond motifs is 3. The summed E-state index contributed by atoms with van der Waals surface area (Å²) >= 11 is 0. The zero-order valence-corrected chi connectivity index (χ0v) is 26.3. The lowest BCUT2D eigenvalue weighted by Crippen LogP contribution is -2.50.